The Labute approximate surface area is 338 Å². The van der Waals surface area contributed by atoms with Gasteiger partial charge >= 0.3 is 0 Å². The summed E-state index contributed by atoms with van der Waals surface area (Å²) in [6, 6.07) is -0.711. The third-order valence-corrected chi connectivity index (χ3v) is 11.7. The number of nitrogens with one attached hydrogen (secondary N) is 1. The highest BCUT2D eigenvalue weighted by Gasteiger charge is 2.44. The van der Waals surface area contributed by atoms with E-state index < -0.39 is 49.5 Å². The molecule has 0 radical (unpaired) electrons. The molecule has 9 heteroatoms. The molecule has 2 unspecified atom stereocenters. The third-order valence-electron chi connectivity index (χ3n) is 11.7. The zero-order chi connectivity index (χ0) is 40.2. The normalized spacial score (nSPS) is 21.2. The summed E-state index contributed by atoms with van der Waals surface area (Å²) in [5, 5.41) is 54.3. The number of amides is 1. The summed E-state index contributed by atoms with van der Waals surface area (Å²) >= 11 is 0. The Morgan fingerprint density at radius 3 is 1.29 bits per heavy atom. The maximum absolute atomic E-state index is 13.0. The highest BCUT2D eigenvalue weighted by Crippen LogP contribution is 2.23. The summed E-state index contributed by atoms with van der Waals surface area (Å²) in [4.78, 5) is 13.0. The van der Waals surface area contributed by atoms with Gasteiger partial charge in [-0.15, -0.1) is 0 Å². The number of unbranched alkanes of at least 4 members (excludes halogenated alkanes) is 30. The largest absolute Gasteiger partial charge is 0.394 e. The van der Waals surface area contributed by atoms with Crippen LogP contribution in [-0.4, -0.2) is 87.5 Å². The summed E-state index contributed by atoms with van der Waals surface area (Å²) in [5.41, 5.74) is 0. The van der Waals surface area contributed by atoms with Crippen LogP contribution < -0.4 is 5.32 Å². The van der Waals surface area contributed by atoms with Crippen LogP contribution in [0.4, 0.5) is 0 Å². The smallest absolute Gasteiger partial charge is 0.220 e. The molecule has 0 aromatic heterocycles. The number of rotatable bonds is 40. The summed E-state index contributed by atoms with van der Waals surface area (Å²) < 4.78 is 11.3. The van der Waals surface area contributed by atoms with Crippen LogP contribution in [0.2, 0.25) is 0 Å². The molecule has 0 saturated carbocycles. The molecule has 7 atom stereocenters. The van der Waals surface area contributed by atoms with Gasteiger partial charge in [0.1, 0.15) is 24.4 Å². The monoisotopic (exact) mass is 786 g/mol. The quantitative estimate of drug-likeness (QED) is 0.0337. The molecule has 1 amide bonds. The number of aliphatic hydroxyl groups is 5. The first-order chi connectivity index (χ1) is 26.8. The van der Waals surface area contributed by atoms with E-state index in [0.717, 1.165) is 38.5 Å². The first-order valence-corrected chi connectivity index (χ1v) is 23.7. The van der Waals surface area contributed by atoms with E-state index in [0.29, 0.717) is 12.8 Å². The second-order valence-corrected chi connectivity index (χ2v) is 16.9. The van der Waals surface area contributed by atoms with Gasteiger partial charge in [0.05, 0.1) is 25.4 Å². The predicted molar refractivity (Wildman–Crippen MR) is 226 cm³/mol. The molecule has 0 aliphatic carbocycles. The highest BCUT2D eigenvalue weighted by molar-refractivity contribution is 5.76. The Balaban J connectivity index is 2.28. The molecule has 0 spiro atoms. The first-order valence-electron chi connectivity index (χ1n) is 23.7. The first kappa shape index (κ1) is 52.2. The highest BCUT2D eigenvalue weighted by atomic mass is 16.7. The number of hydrogen-bond donors (Lipinski definition) is 6. The Bertz CT molecular complexity index is 832. The second-order valence-electron chi connectivity index (χ2n) is 16.9. The van der Waals surface area contributed by atoms with Gasteiger partial charge in [-0.05, 0) is 12.8 Å². The lowest BCUT2D eigenvalue weighted by Gasteiger charge is -2.40. The van der Waals surface area contributed by atoms with Gasteiger partial charge in [-0.2, -0.15) is 0 Å². The van der Waals surface area contributed by atoms with Gasteiger partial charge in [-0.1, -0.05) is 213 Å². The van der Waals surface area contributed by atoms with Gasteiger partial charge in [0, 0.05) is 6.42 Å². The van der Waals surface area contributed by atoms with Crippen LogP contribution >= 0.6 is 0 Å². The molecular formula is C46H91NO8. The maximum Gasteiger partial charge on any atom is 0.220 e. The lowest BCUT2D eigenvalue weighted by molar-refractivity contribution is -0.302. The van der Waals surface area contributed by atoms with Gasteiger partial charge < -0.3 is 40.3 Å². The van der Waals surface area contributed by atoms with Crippen molar-refractivity contribution >= 4 is 5.91 Å². The van der Waals surface area contributed by atoms with E-state index in [1.807, 2.05) is 0 Å². The van der Waals surface area contributed by atoms with Crippen LogP contribution in [0.5, 0.6) is 0 Å². The van der Waals surface area contributed by atoms with Crippen molar-refractivity contribution in [2.45, 2.75) is 275 Å². The molecule has 1 saturated heterocycles. The molecule has 6 N–H and O–H groups in total. The van der Waals surface area contributed by atoms with E-state index in [9.17, 15) is 30.3 Å². The molecule has 1 aliphatic rings. The number of ether oxygens (including phenoxy) is 2. The molecular weight excluding hydrogens is 695 g/mol. The SMILES string of the molecule is CCCCCCCCCCCCCCCCCCCCCC(=O)N[C@@H](CO[C@@H]1O[C@H](CO)[C@H](O)C(O)C1O)[C@H](O)CCCCCCCCCCCCCCC. The number of hydrogen-bond acceptors (Lipinski definition) is 8. The molecule has 1 fully saturated rings. The molecule has 328 valence electrons. The van der Waals surface area contributed by atoms with E-state index in [4.69, 9.17) is 9.47 Å². The van der Waals surface area contributed by atoms with Crippen molar-refractivity contribution < 1.29 is 39.8 Å². The van der Waals surface area contributed by atoms with Crippen LogP contribution in [0.15, 0.2) is 0 Å². The summed E-state index contributed by atoms with van der Waals surface area (Å²) in [6.45, 7) is 3.85. The van der Waals surface area contributed by atoms with E-state index in [1.165, 1.54) is 167 Å². The maximum atomic E-state index is 13.0. The third kappa shape index (κ3) is 28.3. The van der Waals surface area contributed by atoms with Crippen molar-refractivity contribution in [3.8, 4) is 0 Å². The number of carbonyl (C=O) groups is 1. The average molecular weight is 786 g/mol. The van der Waals surface area contributed by atoms with E-state index in [-0.39, 0.29) is 12.5 Å². The molecule has 0 aromatic rings. The van der Waals surface area contributed by atoms with Gasteiger partial charge in [0.2, 0.25) is 5.91 Å². The van der Waals surface area contributed by atoms with Gasteiger partial charge in [-0.3, -0.25) is 4.79 Å². The minimum absolute atomic E-state index is 0.132. The Hall–Kier alpha value is -0.810. The molecule has 1 aliphatic heterocycles. The van der Waals surface area contributed by atoms with Crippen LogP contribution in [0.1, 0.15) is 232 Å². The Morgan fingerprint density at radius 2 is 0.909 bits per heavy atom. The van der Waals surface area contributed by atoms with Crippen LogP contribution in [-0.2, 0) is 14.3 Å². The van der Waals surface area contributed by atoms with E-state index in [2.05, 4.69) is 19.2 Å². The standard InChI is InChI=1S/C46H91NO8/c1-3-5-7-9-11-13-15-17-18-19-20-21-22-24-26-28-30-32-34-36-42(50)47-39(38-54-46-45(53)44(52)43(51)41(37-48)55-46)40(49)35-33-31-29-27-25-23-16-14-12-10-8-6-4-2/h39-41,43-46,48-49,51-53H,3-38H2,1-2H3,(H,47,50)/t39-,40+,41+,43-,44?,45?,46+/m0/s1. The Morgan fingerprint density at radius 1 is 0.545 bits per heavy atom. The van der Waals surface area contributed by atoms with Crippen molar-refractivity contribution in [3.05, 3.63) is 0 Å². The van der Waals surface area contributed by atoms with Crippen molar-refractivity contribution in [2.75, 3.05) is 13.2 Å². The zero-order valence-corrected chi connectivity index (χ0v) is 36.0. The fraction of sp³-hybridized carbons (Fsp3) is 0.978. The summed E-state index contributed by atoms with van der Waals surface area (Å²) in [7, 11) is 0. The molecule has 1 heterocycles. The predicted octanol–water partition coefficient (Wildman–Crippen LogP) is 9.95. The summed E-state index contributed by atoms with van der Waals surface area (Å²) in [6.07, 6.45) is 33.9. The van der Waals surface area contributed by atoms with Crippen molar-refractivity contribution in [1.29, 1.82) is 0 Å². The van der Waals surface area contributed by atoms with Crippen molar-refractivity contribution in [2.24, 2.45) is 0 Å². The lowest BCUT2D eigenvalue weighted by atomic mass is 9.99. The average Bonchev–Trinajstić information content (AvgIpc) is 3.18. The van der Waals surface area contributed by atoms with E-state index in [1.54, 1.807) is 0 Å². The molecule has 0 bridgehead atoms. The topological polar surface area (TPSA) is 149 Å². The van der Waals surface area contributed by atoms with Crippen molar-refractivity contribution in [1.82, 2.24) is 5.32 Å². The van der Waals surface area contributed by atoms with Gasteiger partial charge in [0.25, 0.3) is 0 Å². The molecule has 0 aromatic carbocycles. The van der Waals surface area contributed by atoms with E-state index >= 15 is 0 Å². The Kier molecular flexibility index (Phi) is 35.6. The second kappa shape index (κ2) is 37.5. The van der Waals surface area contributed by atoms with Gasteiger partial charge in [-0.25, -0.2) is 0 Å². The minimum atomic E-state index is -1.55. The number of carbonyl (C=O) groups excluding carboxylic acids is 1. The van der Waals surface area contributed by atoms with Gasteiger partial charge in [0.15, 0.2) is 6.29 Å². The van der Waals surface area contributed by atoms with Crippen molar-refractivity contribution in [3.63, 3.8) is 0 Å². The molecule has 55 heavy (non-hydrogen) atoms. The fourth-order valence-electron chi connectivity index (χ4n) is 7.87. The lowest BCUT2D eigenvalue weighted by Crippen LogP contribution is -2.60. The summed E-state index contributed by atoms with van der Waals surface area (Å²) in [5.74, 6) is -0.140. The number of aliphatic hydroxyl groups excluding tert-OH is 5. The molecule has 9 nitrogen and oxygen atoms in total. The minimum Gasteiger partial charge on any atom is -0.394 e. The van der Waals surface area contributed by atoms with Crippen LogP contribution in [0.25, 0.3) is 0 Å². The molecule has 1 rings (SSSR count). The zero-order valence-electron chi connectivity index (χ0n) is 36.0. The van der Waals surface area contributed by atoms with Crippen LogP contribution in [0, 0.1) is 0 Å². The fourth-order valence-corrected chi connectivity index (χ4v) is 7.87. The van der Waals surface area contributed by atoms with Crippen LogP contribution in [0.3, 0.4) is 0 Å².